The van der Waals surface area contributed by atoms with Crippen LogP contribution in [0.1, 0.15) is 106 Å². The molecule has 0 radical (unpaired) electrons. The summed E-state index contributed by atoms with van der Waals surface area (Å²) < 4.78 is 36.0. The van der Waals surface area contributed by atoms with Gasteiger partial charge in [0.2, 0.25) is 6.29 Å². The van der Waals surface area contributed by atoms with Crippen LogP contribution in [-0.2, 0) is 33.2 Å². The molecular formula is C48H78O19. The van der Waals surface area contributed by atoms with Gasteiger partial charge in [0.15, 0.2) is 12.6 Å². The van der Waals surface area contributed by atoms with Crippen LogP contribution in [0, 0.1) is 50.2 Å². The molecule has 67 heavy (non-hydrogen) atoms. The molecule has 8 rings (SSSR count). The average molecular weight is 959 g/mol. The van der Waals surface area contributed by atoms with Crippen LogP contribution in [0.3, 0.4) is 0 Å². The molecule has 19 heteroatoms. The molecule has 0 amide bonds. The fourth-order valence-corrected chi connectivity index (χ4v) is 15.0. The Morgan fingerprint density at radius 1 is 0.612 bits per heavy atom. The van der Waals surface area contributed by atoms with Gasteiger partial charge in [-0.25, -0.2) is 0 Å². The van der Waals surface area contributed by atoms with E-state index in [4.69, 9.17) is 28.4 Å². The summed E-state index contributed by atoms with van der Waals surface area (Å²) in [5, 5.41) is 127. The Hall–Kier alpha value is -1.47. The summed E-state index contributed by atoms with van der Waals surface area (Å²) in [6.45, 7) is 11.2. The van der Waals surface area contributed by atoms with Crippen molar-refractivity contribution >= 4 is 5.97 Å². The second-order valence-corrected chi connectivity index (χ2v) is 23.3. The van der Waals surface area contributed by atoms with E-state index in [9.17, 15) is 66.1 Å². The molecule has 12 N–H and O–H groups in total. The molecule has 3 aliphatic heterocycles. The molecule has 8 aliphatic rings. The van der Waals surface area contributed by atoms with Crippen LogP contribution in [0.5, 0.6) is 0 Å². The largest absolute Gasteiger partial charge is 0.432 e. The van der Waals surface area contributed by atoms with E-state index >= 15 is 0 Å². The Labute approximate surface area is 392 Å². The van der Waals surface area contributed by atoms with Gasteiger partial charge in [0.25, 0.3) is 0 Å². The van der Waals surface area contributed by atoms with E-state index in [0.29, 0.717) is 32.1 Å². The van der Waals surface area contributed by atoms with E-state index in [1.807, 2.05) is 6.92 Å². The third kappa shape index (κ3) is 8.10. The molecule has 4 saturated carbocycles. The maximum absolute atomic E-state index is 14.7. The highest BCUT2D eigenvalue weighted by Gasteiger charge is 2.70. The zero-order valence-electron chi connectivity index (χ0n) is 39.7. The normalized spacial score (nSPS) is 54.1. The van der Waals surface area contributed by atoms with Gasteiger partial charge in [-0.15, -0.1) is 0 Å². The van der Waals surface area contributed by atoms with Crippen molar-refractivity contribution in [2.45, 2.75) is 204 Å². The van der Waals surface area contributed by atoms with E-state index in [2.05, 4.69) is 40.7 Å². The van der Waals surface area contributed by atoms with Crippen molar-refractivity contribution < 1.29 is 94.5 Å². The number of aliphatic hydroxyl groups excluding tert-OH is 12. The molecule has 0 aromatic heterocycles. The van der Waals surface area contributed by atoms with Crippen molar-refractivity contribution in [3.05, 3.63) is 11.6 Å². The third-order valence-electron chi connectivity index (χ3n) is 19.5. The summed E-state index contributed by atoms with van der Waals surface area (Å²) in [5.74, 6) is -0.640. The molecule has 0 aromatic rings. The molecule has 0 bridgehead atoms. The molecule has 19 nitrogen and oxygen atoms in total. The lowest BCUT2D eigenvalue weighted by Gasteiger charge is -2.71. The zero-order chi connectivity index (χ0) is 49.0. The monoisotopic (exact) mass is 959 g/mol. The number of esters is 1. The maximum atomic E-state index is 14.7. The quantitative estimate of drug-likeness (QED) is 0.0718. The summed E-state index contributed by atoms with van der Waals surface area (Å²) in [4.78, 5) is 14.7. The molecule has 0 aromatic carbocycles. The van der Waals surface area contributed by atoms with Gasteiger partial charge in [0.1, 0.15) is 73.2 Å². The predicted molar refractivity (Wildman–Crippen MR) is 232 cm³/mol. The highest BCUT2D eigenvalue weighted by atomic mass is 16.8. The number of ether oxygens (including phenoxy) is 6. The van der Waals surface area contributed by atoms with E-state index in [1.54, 1.807) is 0 Å². The van der Waals surface area contributed by atoms with Crippen molar-refractivity contribution in [1.82, 2.24) is 0 Å². The van der Waals surface area contributed by atoms with Crippen molar-refractivity contribution in [2.24, 2.45) is 50.2 Å². The minimum Gasteiger partial charge on any atom is -0.432 e. The minimum absolute atomic E-state index is 0.0808. The first kappa shape index (κ1) is 51.9. The van der Waals surface area contributed by atoms with Crippen LogP contribution in [0.15, 0.2) is 11.6 Å². The lowest BCUT2D eigenvalue weighted by Crippen LogP contribution is -2.68. The molecule has 9 unspecified atom stereocenters. The number of hydrogen-bond acceptors (Lipinski definition) is 19. The number of rotatable bonds is 10. The lowest BCUT2D eigenvalue weighted by atomic mass is 9.33. The lowest BCUT2D eigenvalue weighted by molar-refractivity contribution is -0.379. The molecule has 7 fully saturated rings. The topological polar surface area (TPSA) is 315 Å². The Bertz CT molecular complexity index is 1810. The summed E-state index contributed by atoms with van der Waals surface area (Å²) in [7, 11) is 0. The van der Waals surface area contributed by atoms with Crippen molar-refractivity contribution in [3.63, 3.8) is 0 Å². The fourth-order valence-electron chi connectivity index (χ4n) is 15.0. The Balaban J connectivity index is 1.06. The first-order valence-corrected chi connectivity index (χ1v) is 24.5. The van der Waals surface area contributed by atoms with E-state index in [0.717, 1.165) is 32.1 Å². The van der Waals surface area contributed by atoms with Crippen LogP contribution in [0.4, 0.5) is 0 Å². The highest BCUT2D eigenvalue weighted by molar-refractivity contribution is 5.79. The van der Waals surface area contributed by atoms with Gasteiger partial charge in [-0.05, 0) is 104 Å². The Kier molecular flexibility index (Phi) is 14.4. The number of allylic oxidation sites excluding steroid dienone is 2. The van der Waals surface area contributed by atoms with Gasteiger partial charge in [-0.3, -0.25) is 4.79 Å². The minimum atomic E-state index is -1.82. The molecule has 24 atom stereocenters. The maximum Gasteiger partial charge on any atom is 0.315 e. The molecule has 3 heterocycles. The van der Waals surface area contributed by atoms with Gasteiger partial charge in [0, 0.05) is 5.41 Å². The SMILES string of the molecule is CC1(C)CC[C@]2(C(=O)O[C@@H]3OC(CO)[C@@H](O)C(O)[C@@H]3O)CC[C@]3(C)C(=CCC4[C@@]5(C)CC[C@H](O[C@@H]6OC(CO)[C@@H](O)C(O)[C@@H]6O[C@@H]6OC(CO)[C@@H](O)C(O)[C@@H]6O)[C@@](C)(CO)C5CC[C@]43C)C2C1. The second kappa shape index (κ2) is 18.5. The number of carbonyl (C=O) groups excluding carboxylic acids is 1. The molecule has 0 spiro atoms. The average Bonchev–Trinajstić information content (AvgIpc) is 3.29. The summed E-state index contributed by atoms with van der Waals surface area (Å²) in [6.07, 6.45) is -15.4. The predicted octanol–water partition coefficient (Wildman–Crippen LogP) is -0.887. The van der Waals surface area contributed by atoms with Crippen LogP contribution >= 0.6 is 0 Å². The number of aliphatic hydroxyl groups is 12. The van der Waals surface area contributed by atoms with Crippen molar-refractivity contribution in [3.8, 4) is 0 Å². The molecule has 5 aliphatic carbocycles. The second-order valence-electron chi connectivity index (χ2n) is 23.3. The highest BCUT2D eigenvalue weighted by Crippen LogP contribution is 2.76. The number of carbonyl (C=O) groups is 1. The standard InChI is InChI=1S/C48H78O19/c1-43(2)13-15-48(42(61)67-40-37(60)34(57)31(54)25(19-50)63-40)16-14-46(5)22(23(48)17-43)7-8-28-44(3)11-10-29(45(4,21-52)27(44)9-12-47(28,46)6)65-41-38(35(58)32(55)26(20-51)64-41)66-39-36(59)33(56)30(53)24(18-49)62-39/h7,23-41,49-60H,8-21H2,1-6H3/t23?,24?,25?,26?,27?,28?,29-,30+,31+,32+,33?,34?,35?,36-,37-,38-,39-,40-,41-,44-,45-,46+,47+,48-/m0/s1. The van der Waals surface area contributed by atoms with Crippen molar-refractivity contribution in [2.75, 3.05) is 26.4 Å². The molecular weight excluding hydrogens is 881 g/mol. The van der Waals surface area contributed by atoms with Gasteiger partial charge < -0.3 is 89.7 Å². The summed E-state index contributed by atoms with van der Waals surface area (Å²) in [5.41, 5.74) is -1.56. The molecule has 3 saturated heterocycles. The van der Waals surface area contributed by atoms with Crippen molar-refractivity contribution in [1.29, 1.82) is 0 Å². The van der Waals surface area contributed by atoms with Gasteiger partial charge in [-0.2, -0.15) is 0 Å². The van der Waals surface area contributed by atoms with Gasteiger partial charge >= 0.3 is 5.97 Å². The van der Waals surface area contributed by atoms with E-state index in [1.165, 1.54) is 5.57 Å². The first-order valence-electron chi connectivity index (χ1n) is 24.5. The van der Waals surface area contributed by atoms with Gasteiger partial charge in [-0.1, -0.05) is 53.2 Å². The van der Waals surface area contributed by atoms with Gasteiger partial charge in [0.05, 0.1) is 37.9 Å². The summed E-state index contributed by atoms with van der Waals surface area (Å²) in [6, 6.07) is 0. The van der Waals surface area contributed by atoms with Crippen LogP contribution < -0.4 is 0 Å². The number of fused-ring (bicyclic) bond motifs is 7. The van der Waals surface area contributed by atoms with E-state index in [-0.39, 0.29) is 46.0 Å². The third-order valence-corrected chi connectivity index (χ3v) is 19.5. The van der Waals surface area contributed by atoms with Crippen LogP contribution in [-0.4, -0.2) is 192 Å². The zero-order valence-corrected chi connectivity index (χ0v) is 39.7. The van der Waals surface area contributed by atoms with Crippen LogP contribution in [0.2, 0.25) is 0 Å². The Morgan fingerprint density at radius 3 is 1.76 bits per heavy atom. The van der Waals surface area contributed by atoms with Crippen LogP contribution in [0.25, 0.3) is 0 Å². The number of hydrogen-bond donors (Lipinski definition) is 12. The Morgan fingerprint density at radius 2 is 1.16 bits per heavy atom. The summed E-state index contributed by atoms with van der Waals surface area (Å²) >= 11 is 0. The fraction of sp³-hybridized carbons (Fsp3) is 0.938. The molecule has 384 valence electrons. The smallest absolute Gasteiger partial charge is 0.315 e. The van der Waals surface area contributed by atoms with E-state index < -0.39 is 135 Å². The first-order chi connectivity index (χ1) is 31.4.